The van der Waals surface area contributed by atoms with Gasteiger partial charge in [-0.15, -0.1) is 0 Å². The molecule has 1 N–H and O–H groups in total. The summed E-state index contributed by atoms with van der Waals surface area (Å²) >= 11 is 0. The first-order valence-corrected chi connectivity index (χ1v) is 6.64. The summed E-state index contributed by atoms with van der Waals surface area (Å²) in [5.74, 6) is 1.91. The van der Waals surface area contributed by atoms with Crippen molar-refractivity contribution in [2.75, 3.05) is 32.9 Å². The zero-order valence-electron chi connectivity index (χ0n) is 10.4. The highest BCUT2D eigenvalue weighted by molar-refractivity contribution is 4.97. The fraction of sp³-hybridized carbons (Fsp3) is 0.833. The van der Waals surface area contributed by atoms with Crippen molar-refractivity contribution in [2.45, 2.75) is 31.3 Å². The molecule has 1 unspecified atom stereocenters. The van der Waals surface area contributed by atoms with Gasteiger partial charge in [-0.1, -0.05) is 5.16 Å². The van der Waals surface area contributed by atoms with E-state index in [0.717, 1.165) is 51.6 Å². The lowest BCUT2D eigenvalue weighted by molar-refractivity contribution is 0.0246. The van der Waals surface area contributed by atoms with E-state index in [-0.39, 0.29) is 6.10 Å². The Morgan fingerprint density at radius 1 is 1.22 bits per heavy atom. The highest BCUT2D eigenvalue weighted by atomic mass is 16.5. The van der Waals surface area contributed by atoms with Crippen LogP contribution in [0.2, 0.25) is 0 Å². The lowest BCUT2D eigenvalue weighted by Gasteiger charge is -2.22. The van der Waals surface area contributed by atoms with Crippen LogP contribution < -0.4 is 5.32 Å². The molecule has 0 spiro atoms. The summed E-state index contributed by atoms with van der Waals surface area (Å²) < 4.78 is 16.3. The van der Waals surface area contributed by atoms with Crippen LogP contribution in [0.3, 0.4) is 0 Å². The second kappa shape index (κ2) is 5.77. The lowest BCUT2D eigenvalue weighted by atomic mass is 10.00. The Morgan fingerprint density at radius 2 is 2.11 bits per heavy atom. The molecule has 0 bridgehead atoms. The normalized spacial score (nSPS) is 26.3. The van der Waals surface area contributed by atoms with Crippen LogP contribution in [-0.4, -0.2) is 49.2 Å². The summed E-state index contributed by atoms with van der Waals surface area (Å²) in [5.41, 5.74) is 0. The van der Waals surface area contributed by atoms with E-state index in [1.165, 1.54) is 0 Å². The van der Waals surface area contributed by atoms with Crippen molar-refractivity contribution in [1.29, 1.82) is 0 Å². The maximum absolute atomic E-state index is 5.63. The van der Waals surface area contributed by atoms with Gasteiger partial charge in [0.1, 0.15) is 0 Å². The van der Waals surface area contributed by atoms with E-state index >= 15 is 0 Å². The number of nitrogens with zero attached hydrogens (tertiary/aromatic N) is 2. The molecule has 1 atom stereocenters. The summed E-state index contributed by atoms with van der Waals surface area (Å²) in [6.07, 6.45) is 2.83. The van der Waals surface area contributed by atoms with E-state index in [9.17, 15) is 0 Å². The van der Waals surface area contributed by atoms with Crippen LogP contribution in [0.4, 0.5) is 0 Å². The Kier molecular flexibility index (Phi) is 3.87. The maximum atomic E-state index is 5.63. The summed E-state index contributed by atoms with van der Waals surface area (Å²) in [6.45, 7) is 4.13. The van der Waals surface area contributed by atoms with Crippen LogP contribution in [0.15, 0.2) is 4.52 Å². The first-order chi connectivity index (χ1) is 8.92. The molecule has 18 heavy (non-hydrogen) atoms. The van der Waals surface area contributed by atoms with Crippen molar-refractivity contribution in [2.24, 2.45) is 0 Å². The van der Waals surface area contributed by atoms with E-state index < -0.39 is 0 Å². The number of aromatic nitrogens is 2. The molecule has 2 fully saturated rings. The molecule has 6 heteroatoms. The third-order valence-electron chi connectivity index (χ3n) is 3.48. The van der Waals surface area contributed by atoms with Crippen LogP contribution in [0.25, 0.3) is 0 Å². The third-order valence-corrected chi connectivity index (χ3v) is 3.48. The van der Waals surface area contributed by atoms with E-state index in [2.05, 4.69) is 15.5 Å². The van der Waals surface area contributed by atoms with Crippen LogP contribution in [0, 0.1) is 0 Å². The van der Waals surface area contributed by atoms with Crippen molar-refractivity contribution < 1.29 is 14.0 Å². The molecule has 0 saturated carbocycles. The Balaban J connectivity index is 1.58. The number of nitrogens with one attached hydrogen (secondary N) is 1. The largest absolute Gasteiger partial charge is 0.381 e. The SMILES string of the molecule is C1COC(Cc2nc(C3CCOCC3)no2)CN1. The van der Waals surface area contributed by atoms with Gasteiger partial charge in [0, 0.05) is 32.2 Å². The Morgan fingerprint density at radius 3 is 2.89 bits per heavy atom. The second-order valence-corrected chi connectivity index (χ2v) is 4.83. The molecule has 6 nitrogen and oxygen atoms in total. The monoisotopic (exact) mass is 253 g/mol. The van der Waals surface area contributed by atoms with Gasteiger partial charge < -0.3 is 19.3 Å². The molecule has 100 valence electrons. The van der Waals surface area contributed by atoms with Gasteiger partial charge in [0.15, 0.2) is 5.82 Å². The van der Waals surface area contributed by atoms with Crippen molar-refractivity contribution >= 4 is 0 Å². The van der Waals surface area contributed by atoms with E-state index in [4.69, 9.17) is 14.0 Å². The first-order valence-electron chi connectivity index (χ1n) is 6.64. The summed E-state index contributed by atoms with van der Waals surface area (Å²) in [6, 6.07) is 0. The van der Waals surface area contributed by atoms with Crippen molar-refractivity contribution in [3.8, 4) is 0 Å². The van der Waals surface area contributed by atoms with Gasteiger partial charge in [0.05, 0.1) is 19.1 Å². The van der Waals surface area contributed by atoms with Crippen molar-refractivity contribution in [3.05, 3.63) is 11.7 Å². The summed E-state index contributed by atoms with van der Waals surface area (Å²) in [5, 5.41) is 7.38. The fourth-order valence-corrected chi connectivity index (χ4v) is 2.42. The number of ether oxygens (including phenoxy) is 2. The molecule has 0 aliphatic carbocycles. The van der Waals surface area contributed by atoms with E-state index in [1.54, 1.807) is 0 Å². The lowest BCUT2D eigenvalue weighted by Crippen LogP contribution is -2.39. The van der Waals surface area contributed by atoms with Gasteiger partial charge in [0.2, 0.25) is 5.89 Å². The molecular weight excluding hydrogens is 234 g/mol. The smallest absolute Gasteiger partial charge is 0.229 e. The minimum atomic E-state index is 0.154. The number of morpholine rings is 1. The van der Waals surface area contributed by atoms with Gasteiger partial charge in [-0.25, -0.2) is 0 Å². The predicted molar refractivity (Wildman–Crippen MR) is 63.4 cm³/mol. The third kappa shape index (κ3) is 2.88. The minimum Gasteiger partial charge on any atom is -0.381 e. The number of rotatable bonds is 3. The fourth-order valence-electron chi connectivity index (χ4n) is 2.42. The zero-order valence-corrected chi connectivity index (χ0v) is 10.4. The van der Waals surface area contributed by atoms with Crippen LogP contribution >= 0.6 is 0 Å². The number of hydrogen-bond acceptors (Lipinski definition) is 6. The van der Waals surface area contributed by atoms with Crippen molar-refractivity contribution in [3.63, 3.8) is 0 Å². The second-order valence-electron chi connectivity index (χ2n) is 4.83. The topological polar surface area (TPSA) is 69.4 Å². The summed E-state index contributed by atoms with van der Waals surface area (Å²) in [7, 11) is 0. The molecule has 3 rings (SSSR count). The Hall–Kier alpha value is -0.980. The first kappa shape index (κ1) is 12.1. The Labute approximate surface area is 106 Å². The zero-order chi connectivity index (χ0) is 12.2. The molecule has 1 aromatic heterocycles. The molecular formula is C12H19N3O3. The summed E-state index contributed by atoms with van der Waals surface area (Å²) in [4.78, 5) is 4.49. The minimum absolute atomic E-state index is 0.154. The van der Waals surface area contributed by atoms with Crippen LogP contribution in [0.1, 0.15) is 30.5 Å². The van der Waals surface area contributed by atoms with Gasteiger partial charge in [-0.2, -0.15) is 4.98 Å². The van der Waals surface area contributed by atoms with Gasteiger partial charge in [0.25, 0.3) is 0 Å². The van der Waals surface area contributed by atoms with Gasteiger partial charge in [-0.05, 0) is 12.8 Å². The molecule has 2 saturated heterocycles. The highest BCUT2D eigenvalue weighted by Crippen LogP contribution is 2.24. The standard InChI is InChI=1S/C12H19N3O3/c1-4-16-5-2-9(1)12-14-11(18-15-12)7-10-8-13-3-6-17-10/h9-10,13H,1-8H2. The molecule has 3 heterocycles. The van der Waals surface area contributed by atoms with E-state index in [0.29, 0.717) is 18.2 Å². The van der Waals surface area contributed by atoms with Crippen LogP contribution in [-0.2, 0) is 15.9 Å². The molecule has 0 amide bonds. The molecule has 0 aromatic carbocycles. The average Bonchev–Trinajstić information content (AvgIpc) is 2.89. The Bertz CT molecular complexity index is 370. The van der Waals surface area contributed by atoms with Gasteiger partial charge in [-0.3, -0.25) is 0 Å². The van der Waals surface area contributed by atoms with Crippen LogP contribution in [0.5, 0.6) is 0 Å². The highest BCUT2D eigenvalue weighted by Gasteiger charge is 2.23. The molecule has 1 aromatic rings. The predicted octanol–water partition coefficient (Wildman–Crippen LogP) is 0.494. The molecule has 2 aliphatic rings. The number of hydrogen-bond donors (Lipinski definition) is 1. The quantitative estimate of drug-likeness (QED) is 0.845. The van der Waals surface area contributed by atoms with Gasteiger partial charge >= 0.3 is 0 Å². The molecule has 0 radical (unpaired) electrons. The average molecular weight is 253 g/mol. The van der Waals surface area contributed by atoms with Crippen molar-refractivity contribution in [1.82, 2.24) is 15.5 Å². The van der Waals surface area contributed by atoms with E-state index in [1.807, 2.05) is 0 Å². The maximum Gasteiger partial charge on any atom is 0.229 e. The molecule has 2 aliphatic heterocycles.